The van der Waals surface area contributed by atoms with Crippen molar-refractivity contribution in [2.75, 3.05) is 43.6 Å². The normalized spacial score (nSPS) is 14.4. The number of anilines is 2. The van der Waals surface area contributed by atoms with Crippen molar-refractivity contribution in [2.45, 2.75) is 0 Å². The minimum atomic E-state index is -0.437. The van der Waals surface area contributed by atoms with Crippen LogP contribution in [0.2, 0.25) is 0 Å². The number of rotatable bonds is 4. The third-order valence-electron chi connectivity index (χ3n) is 4.38. The number of methoxy groups -OCH3 is 1. The fourth-order valence-corrected chi connectivity index (χ4v) is 3.01. The lowest BCUT2D eigenvalue weighted by Crippen LogP contribution is -2.36. The second-order valence-corrected chi connectivity index (χ2v) is 6.04. The van der Waals surface area contributed by atoms with Crippen LogP contribution >= 0.6 is 0 Å². The number of amides is 1. The van der Waals surface area contributed by atoms with Gasteiger partial charge in [0.2, 0.25) is 0 Å². The molecule has 3 aromatic rings. The second kappa shape index (κ2) is 7.24. The maximum absolute atomic E-state index is 13.0. The number of oxazole rings is 1. The fraction of sp³-hybridized carbons (Fsp3) is 0.263. The van der Waals surface area contributed by atoms with Crippen molar-refractivity contribution in [1.82, 2.24) is 4.98 Å². The molecule has 1 N–H and O–H groups in total. The van der Waals surface area contributed by atoms with Gasteiger partial charge in [-0.1, -0.05) is 0 Å². The molecule has 1 aliphatic heterocycles. The first-order valence-corrected chi connectivity index (χ1v) is 8.53. The van der Waals surface area contributed by atoms with Gasteiger partial charge in [0.1, 0.15) is 11.6 Å². The van der Waals surface area contributed by atoms with Crippen LogP contribution in [0.1, 0.15) is 10.4 Å². The highest BCUT2D eigenvalue weighted by atomic mass is 19.1. The smallest absolute Gasteiger partial charge is 0.302 e. The number of aromatic nitrogens is 1. The zero-order chi connectivity index (χ0) is 18.8. The summed E-state index contributed by atoms with van der Waals surface area (Å²) in [6, 6.07) is 9.02. The van der Waals surface area contributed by atoms with Gasteiger partial charge >= 0.3 is 6.01 Å². The molecule has 1 amide bonds. The molecule has 1 aliphatic rings. The maximum atomic E-state index is 13.0. The Morgan fingerprint density at radius 1 is 1.19 bits per heavy atom. The van der Waals surface area contributed by atoms with Crippen molar-refractivity contribution < 1.29 is 23.1 Å². The molecule has 0 spiro atoms. The van der Waals surface area contributed by atoms with Gasteiger partial charge in [-0.25, -0.2) is 4.39 Å². The van der Waals surface area contributed by atoms with E-state index in [1.54, 1.807) is 7.11 Å². The van der Waals surface area contributed by atoms with Crippen LogP contribution in [-0.4, -0.2) is 44.3 Å². The second-order valence-electron chi connectivity index (χ2n) is 6.04. The SMILES string of the molecule is COc1ccc(N2CCOCC2)c2oc(NC(=O)c3ccc(F)cc3)nc12. The van der Waals surface area contributed by atoms with E-state index in [2.05, 4.69) is 15.2 Å². The Balaban J connectivity index is 1.67. The van der Waals surface area contributed by atoms with Crippen LogP contribution < -0.4 is 15.0 Å². The molecular formula is C19H18FN3O4. The molecular weight excluding hydrogens is 353 g/mol. The summed E-state index contributed by atoms with van der Waals surface area (Å²) in [6.45, 7) is 2.74. The van der Waals surface area contributed by atoms with Crippen LogP contribution in [-0.2, 0) is 4.74 Å². The van der Waals surface area contributed by atoms with E-state index in [-0.39, 0.29) is 6.01 Å². The van der Waals surface area contributed by atoms with E-state index in [9.17, 15) is 9.18 Å². The van der Waals surface area contributed by atoms with Crippen molar-refractivity contribution in [2.24, 2.45) is 0 Å². The van der Waals surface area contributed by atoms with Gasteiger partial charge in [0.25, 0.3) is 5.91 Å². The van der Waals surface area contributed by atoms with Crippen molar-refractivity contribution >= 4 is 28.7 Å². The van der Waals surface area contributed by atoms with Crippen molar-refractivity contribution in [1.29, 1.82) is 0 Å². The number of halogens is 1. The monoisotopic (exact) mass is 371 g/mol. The van der Waals surface area contributed by atoms with E-state index in [1.807, 2.05) is 12.1 Å². The first-order valence-electron chi connectivity index (χ1n) is 8.53. The van der Waals surface area contributed by atoms with Crippen LogP contribution in [0.25, 0.3) is 11.1 Å². The van der Waals surface area contributed by atoms with Gasteiger partial charge in [0.05, 0.1) is 26.0 Å². The topological polar surface area (TPSA) is 76.8 Å². The number of hydrogen-bond donors (Lipinski definition) is 1. The van der Waals surface area contributed by atoms with Crippen molar-refractivity contribution in [3.05, 3.63) is 47.8 Å². The Hall–Kier alpha value is -3.13. The Morgan fingerprint density at radius 2 is 1.93 bits per heavy atom. The van der Waals surface area contributed by atoms with E-state index in [0.29, 0.717) is 35.6 Å². The van der Waals surface area contributed by atoms with E-state index in [1.165, 1.54) is 24.3 Å². The predicted molar refractivity (Wildman–Crippen MR) is 97.9 cm³/mol. The summed E-state index contributed by atoms with van der Waals surface area (Å²) in [4.78, 5) is 18.9. The quantitative estimate of drug-likeness (QED) is 0.760. The average molecular weight is 371 g/mol. The molecule has 1 aromatic heterocycles. The number of morpholine rings is 1. The molecule has 8 heteroatoms. The molecule has 1 saturated heterocycles. The number of hydrogen-bond acceptors (Lipinski definition) is 6. The summed E-state index contributed by atoms with van der Waals surface area (Å²) < 4.78 is 29.6. The minimum absolute atomic E-state index is 0.0540. The lowest BCUT2D eigenvalue weighted by atomic mass is 10.2. The van der Waals surface area contributed by atoms with Crippen LogP contribution in [0.3, 0.4) is 0 Å². The van der Waals surface area contributed by atoms with Crippen LogP contribution in [0.15, 0.2) is 40.8 Å². The summed E-state index contributed by atoms with van der Waals surface area (Å²) in [5.41, 5.74) is 2.23. The molecule has 0 bridgehead atoms. The molecule has 0 aliphatic carbocycles. The van der Waals surface area contributed by atoms with E-state index >= 15 is 0 Å². The first kappa shape index (κ1) is 17.3. The lowest BCUT2D eigenvalue weighted by molar-refractivity contribution is 0.102. The number of benzene rings is 2. The Bertz CT molecular complexity index is 965. The van der Waals surface area contributed by atoms with Crippen LogP contribution in [0, 0.1) is 5.82 Å². The van der Waals surface area contributed by atoms with Gasteiger partial charge in [0, 0.05) is 18.7 Å². The van der Waals surface area contributed by atoms with Gasteiger partial charge in [-0.3, -0.25) is 10.1 Å². The van der Waals surface area contributed by atoms with Gasteiger partial charge in [-0.2, -0.15) is 4.98 Å². The molecule has 4 rings (SSSR count). The van der Waals surface area contributed by atoms with Gasteiger partial charge in [0.15, 0.2) is 11.1 Å². The largest absolute Gasteiger partial charge is 0.494 e. The number of nitrogens with zero attached hydrogens (tertiary/aromatic N) is 2. The zero-order valence-electron chi connectivity index (χ0n) is 14.7. The molecule has 0 atom stereocenters. The molecule has 7 nitrogen and oxygen atoms in total. The summed E-state index contributed by atoms with van der Waals surface area (Å²) >= 11 is 0. The summed E-state index contributed by atoms with van der Waals surface area (Å²) in [5, 5.41) is 2.61. The van der Waals surface area contributed by atoms with Gasteiger partial charge in [-0.15, -0.1) is 0 Å². The Morgan fingerprint density at radius 3 is 2.63 bits per heavy atom. The highest BCUT2D eigenvalue weighted by Gasteiger charge is 2.21. The number of ether oxygens (including phenoxy) is 2. The molecule has 2 heterocycles. The summed E-state index contributed by atoms with van der Waals surface area (Å²) in [6.07, 6.45) is 0. The third-order valence-corrected chi connectivity index (χ3v) is 4.38. The fourth-order valence-electron chi connectivity index (χ4n) is 3.01. The van der Waals surface area contributed by atoms with Crippen molar-refractivity contribution in [3.63, 3.8) is 0 Å². The molecule has 0 radical (unpaired) electrons. The maximum Gasteiger partial charge on any atom is 0.302 e. The molecule has 27 heavy (non-hydrogen) atoms. The minimum Gasteiger partial charge on any atom is -0.494 e. The summed E-state index contributed by atoms with van der Waals surface area (Å²) in [7, 11) is 1.55. The molecule has 2 aromatic carbocycles. The van der Waals surface area contributed by atoms with Crippen LogP contribution in [0.5, 0.6) is 5.75 Å². The van der Waals surface area contributed by atoms with E-state index in [0.717, 1.165) is 18.8 Å². The predicted octanol–water partition coefficient (Wildman–Crippen LogP) is 3.06. The third kappa shape index (κ3) is 3.43. The highest BCUT2D eigenvalue weighted by Crippen LogP contribution is 2.35. The Labute approximate surface area is 154 Å². The first-order chi connectivity index (χ1) is 13.2. The number of nitrogens with one attached hydrogen (secondary N) is 1. The molecule has 0 saturated carbocycles. The van der Waals surface area contributed by atoms with E-state index < -0.39 is 11.7 Å². The van der Waals surface area contributed by atoms with Gasteiger partial charge in [-0.05, 0) is 36.4 Å². The van der Waals surface area contributed by atoms with Gasteiger partial charge < -0.3 is 18.8 Å². The van der Waals surface area contributed by atoms with E-state index in [4.69, 9.17) is 13.9 Å². The number of carbonyl (C=O) groups excluding carboxylic acids is 1. The lowest BCUT2D eigenvalue weighted by Gasteiger charge is -2.28. The Kier molecular flexibility index (Phi) is 4.64. The standard InChI is InChI=1S/C19H18FN3O4/c1-25-15-7-6-14(23-8-10-26-11-9-23)17-16(15)21-19(27-17)22-18(24)12-2-4-13(20)5-3-12/h2-7H,8-11H2,1H3,(H,21,22,24). The van der Waals surface area contributed by atoms with Crippen LogP contribution in [0.4, 0.5) is 16.1 Å². The average Bonchev–Trinajstić information content (AvgIpc) is 3.11. The molecule has 140 valence electrons. The summed E-state index contributed by atoms with van der Waals surface area (Å²) in [5.74, 6) is -0.296. The number of fused-ring (bicyclic) bond motifs is 1. The molecule has 0 unspecified atom stereocenters. The number of carbonyl (C=O) groups is 1. The zero-order valence-corrected chi connectivity index (χ0v) is 14.7. The van der Waals surface area contributed by atoms with Crippen molar-refractivity contribution in [3.8, 4) is 5.75 Å². The highest BCUT2D eigenvalue weighted by molar-refractivity contribution is 6.04. The molecule has 1 fully saturated rings.